The molecule has 0 fully saturated rings. The predicted octanol–water partition coefficient (Wildman–Crippen LogP) is 15.1. The second-order valence-electron chi connectivity index (χ2n) is 21.0. The third kappa shape index (κ3) is 5.22. The molecule has 13 rings (SSSR count). The van der Waals surface area contributed by atoms with Gasteiger partial charge in [-0.2, -0.15) is 0 Å². The first-order chi connectivity index (χ1) is 30.7. The first-order valence-corrected chi connectivity index (χ1v) is 23.6. The number of rotatable bonds is 3. The number of aromatic nitrogens is 1. The number of thiophene rings is 1. The van der Waals surface area contributed by atoms with Crippen molar-refractivity contribution < 1.29 is 4.42 Å². The van der Waals surface area contributed by atoms with Gasteiger partial charge in [0.25, 0.3) is 0 Å². The van der Waals surface area contributed by atoms with Crippen molar-refractivity contribution >= 4 is 105 Å². The Hall–Kier alpha value is -6.56. The molecule has 4 heterocycles. The summed E-state index contributed by atoms with van der Waals surface area (Å²) in [6, 6.07) is 52.8. The highest BCUT2D eigenvalue weighted by Gasteiger charge is 2.38. The van der Waals surface area contributed by atoms with Crippen molar-refractivity contribution in [3.8, 4) is 27.9 Å². The van der Waals surface area contributed by atoms with Crippen molar-refractivity contribution in [2.24, 2.45) is 0 Å². The summed E-state index contributed by atoms with van der Waals surface area (Å²) in [7, 11) is 0.794. The zero-order chi connectivity index (χ0) is 43.6. The van der Waals surface area contributed by atoms with Crippen LogP contribution in [0.5, 0.6) is 0 Å². The van der Waals surface area contributed by atoms with Crippen LogP contribution in [0, 0.1) is 0 Å². The second kappa shape index (κ2) is 12.8. The normalized spacial score (nSPS) is 14.2. The molecule has 0 atom stereocenters. The van der Waals surface area contributed by atoms with E-state index in [0.29, 0.717) is 0 Å². The summed E-state index contributed by atoms with van der Waals surface area (Å²) in [5.41, 5.74) is 21.0. The minimum atomic E-state index is -0.156. The highest BCUT2D eigenvalue weighted by Crippen LogP contribution is 2.54. The summed E-state index contributed by atoms with van der Waals surface area (Å²) >= 11 is 1.95. The highest BCUT2D eigenvalue weighted by atomic mass is 32.1. The lowest BCUT2D eigenvalue weighted by Gasteiger charge is -2.26. The van der Waals surface area contributed by atoms with Crippen LogP contribution in [0.3, 0.4) is 0 Å². The lowest BCUT2D eigenvalue weighted by Crippen LogP contribution is -2.37. The van der Waals surface area contributed by atoms with E-state index in [1.54, 1.807) is 0 Å². The van der Waals surface area contributed by atoms with E-state index in [0.717, 1.165) is 35.2 Å². The summed E-state index contributed by atoms with van der Waals surface area (Å²) < 4.78 is 11.9. The van der Waals surface area contributed by atoms with Gasteiger partial charge in [-0.15, -0.1) is 11.3 Å². The second-order valence-corrected chi connectivity index (χ2v) is 22.1. The van der Waals surface area contributed by atoms with Crippen LogP contribution in [0.2, 0.25) is 0 Å². The van der Waals surface area contributed by atoms with Crippen molar-refractivity contribution in [2.45, 2.75) is 71.6 Å². The molecule has 0 bridgehead atoms. The van der Waals surface area contributed by atoms with Gasteiger partial charge in [0, 0.05) is 81.3 Å². The Kier molecular flexibility index (Phi) is 7.59. The van der Waals surface area contributed by atoms with Crippen LogP contribution in [-0.2, 0) is 16.2 Å². The maximum absolute atomic E-state index is 6.63. The fraction of sp³-hybridized carbons (Fsp3) is 0.186. The van der Waals surface area contributed by atoms with Crippen molar-refractivity contribution in [3.05, 3.63) is 162 Å². The number of furan rings is 1. The maximum Gasteiger partial charge on any atom is 0.198 e. The van der Waals surface area contributed by atoms with Gasteiger partial charge in [0.05, 0.1) is 5.52 Å². The lowest BCUT2D eigenvalue weighted by molar-refractivity contribution is 0.590. The third-order valence-corrected chi connectivity index (χ3v) is 15.9. The molecule has 1 aliphatic heterocycles. The van der Waals surface area contributed by atoms with Gasteiger partial charge in [-0.05, 0) is 104 Å². The van der Waals surface area contributed by atoms with Gasteiger partial charge < -0.3 is 14.3 Å². The molecule has 1 aliphatic carbocycles. The van der Waals surface area contributed by atoms with E-state index in [-0.39, 0.29) is 16.2 Å². The lowest BCUT2D eigenvalue weighted by atomic mass is 9.58. The Morgan fingerprint density at radius 2 is 1.31 bits per heavy atom. The monoisotopic (exact) mass is 844 g/mol. The molecule has 3 nitrogen and oxygen atoms in total. The van der Waals surface area contributed by atoms with Gasteiger partial charge in [-0.1, -0.05) is 146 Å². The molecule has 8 aromatic carbocycles. The van der Waals surface area contributed by atoms with Gasteiger partial charge in [0.15, 0.2) is 7.28 Å². The van der Waals surface area contributed by atoms with E-state index in [9.17, 15) is 0 Å². The molecule has 64 heavy (non-hydrogen) atoms. The Balaban J connectivity index is 1.20. The fourth-order valence-electron chi connectivity index (χ4n) is 11.3. The predicted molar refractivity (Wildman–Crippen MR) is 277 cm³/mol. The Morgan fingerprint density at radius 3 is 2.11 bits per heavy atom. The van der Waals surface area contributed by atoms with E-state index in [1.807, 2.05) is 11.3 Å². The van der Waals surface area contributed by atoms with E-state index >= 15 is 0 Å². The minimum absolute atomic E-state index is 0.0140. The van der Waals surface area contributed by atoms with E-state index in [4.69, 9.17) is 4.42 Å². The molecule has 0 amide bonds. The van der Waals surface area contributed by atoms with Crippen molar-refractivity contribution in [3.63, 3.8) is 0 Å². The summed E-state index contributed by atoms with van der Waals surface area (Å²) in [4.78, 5) is 0. The summed E-state index contributed by atoms with van der Waals surface area (Å²) in [6.45, 7) is 18.6. The smallest absolute Gasteiger partial charge is 0.198 e. The van der Waals surface area contributed by atoms with E-state index in [2.05, 4.69) is 205 Å². The average Bonchev–Trinajstić information content (AvgIpc) is 4.00. The summed E-state index contributed by atoms with van der Waals surface area (Å²) in [5.74, 6) is 0. The summed E-state index contributed by atoms with van der Waals surface area (Å²) in [6.07, 6.45) is 0. The summed E-state index contributed by atoms with van der Waals surface area (Å²) in [5, 5.41) is 11.7. The number of para-hydroxylation sites is 1. The molecular formula is C59H49BN2OS. The first-order valence-electron chi connectivity index (χ1n) is 22.8. The number of hydrogen-bond acceptors (Lipinski definition) is 3. The standard InChI is InChI=1S/C59H49BN2OS/c1-57(2,3)32-21-24-34(25-22-32)61-45-30-43-38(35-15-9-12-18-42(35)59(43,7)8)28-40(45)53-54-55-51(52-37-17-11-14-20-50(37)64-56(52)53)41-27-33(58(4,5)6)23-26-46(41)62(55)47-31-49-39(29-44(47)60-54)36-16-10-13-19-48(36)63-49/h9-31,60-61H,1-8H3. The number of fused-ring (bicyclic) bond motifs is 15. The minimum Gasteiger partial charge on any atom is -0.456 e. The maximum atomic E-state index is 6.63. The molecule has 310 valence electrons. The van der Waals surface area contributed by atoms with Crippen LogP contribution < -0.4 is 16.2 Å². The molecule has 3 aromatic heterocycles. The van der Waals surface area contributed by atoms with Gasteiger partial charge >= 0.3 is 0 Å². The Morgan fingerprint density at radius 1 is 0.594 bits per heavy atom. The molecule has 5 heteroatoms. The zero-order valence-corrected chi connectivity index (χ0v) is 38.6. The molecule has 0 saturated carbocycles. The third-order valence-electron chi connectivity index (χ3n) is 14.7. The van der Waals surface area contributed by atoms with Gasteiger partial charge in [-0.3, -0.25) is 0 Å². The number of nitrogens with one attached hydrogen (secondary N) is 1. The topological polar surface area (TPSA) is 30.1 Å². The SMILES string of the molecule is CC(C)(C)c1ccc(Nc2cc3c(cc2-c2c4c5c(c6cc(C(C)(C)C)ccc6n5-c5cc6oc7ccccc7c6cc5B4)c4c2sc2ccccc24)-c2ccccc2C3(C)C)cc1. The molecule has 2 aliphatic rings. The van der Waals surface area contributed by atoms with Gasteiger partial charge in [0.2, 0.25) is 0 Å². The van der Waals surface area contributed by atoms with Gasteiger partial charge in [-0.25, -0.2) is 0 Å². The van der Waals surface area contributed by atoms with E-state index < -0.39 is 0 Å². The number of hydrogen-bond donors (Lipinski definition) is 1. The molecule has 0 unspecified atom stereocenters. The fourth-order valence-corrected chi connectivity index (χ4v) is 12.6. The Labute approximate surface area is 378 Å². The molecule has 1 N–H and O–H groups in total. The quantitative estimate of drug-likeness (QED) is 0.180. The molecule has 11 aromatic rings. The van der Waals surface area contributed by atoms with Crippen LogP contribution in [0.1, 0.15) is 77.6 Å². The van der Waals surface area contributed by atoms with Crippen LogP contribution >= 0.6 is 11.3 Å². The van der Waals surface area contributed by atoms with Crippen molar-refractivity contribution in [1.29, 1.82) is 0 Å². The molecule has 0 radical (unpaired) electrons. The van der Waals surface area contributed by atoms with Crippen LogP contribution in [0.15, 0.2) is 144 Å². The molecule has 0 saturated heterocycles. The van der Waals surface area contributed by atoms with Crippen LogP contribution in [-0.4, -0.2) is 11.8 Å². The largest absolute Gasteiger partial charge is 0.456 e. The molecular weight excluding hydrogens is 796 g/mol. The van der Waals surface area contributed by atoms with Gasteiger partial charge in [0.1, 0.15) is 11.2 Å². The molecule has 0 spiro atoms. The highest BCUT2D eigenvalue weighted by molar-refractivity contribution is 7.26. The van der Waals surface area contributed by atoms with Crippen LogP contribution in [0.4, 0.5) is 11.4 Å². The zero-order valence-electron chi connectivity index (χ0n) is 37.7. The number of nitrogens with zero attached hydrogens (tertiary/aromatic N) is 1. The van der Waals surface area contributed by atoms with Crippen molar-refractivity contribution in [2.75, 3.05) is 5.32 Å². The number of benzene rings is 8. The van der Waals surface area contributed by atoms with E-state index in [1.165, 1.54) is 108 Å². The average molecular weight is 845 g/mol. The van der Waals surface area contributed by atoms with Crippen molar-refractivity contribution in [1.82, 2.24) is 4.57 Å². The van der Waals surface area contributed by atoms with Crippen LogP contribution in [0.25, 0.3) is 91.9 Å². The number of anilines is 2. The Bertz CT molecular complexity index is 3830. The first kappa shape index (κ1) is 38.0.